The van der Waals surface area contributed by atoms with Gasteiger partial charge in [-0.2, -0.15) is 5.10 Å². The first-order valence-corrected chi connectivity index (χ1v) is 11.3. The van der Waals surface area contributed by atoms with Crippen LogP contribution in [0, 0.1) is 0 Å². The summed E-state index contributed by atoms with van der Waals surface area (Å²) in [5.74, 6) is 0.904. The van der Waals surface area contributed by atoms with Gasteiger partial charge in [-0.05, 0) is 44.2 Å². The molecule has 0 bridgehead atoms. The van der Waals surface area contributed by atoms with E-state index in [1.54, 1.807) is 17.1 Å². The second kappa shape index (κ2) is 8.81. The molecule has 3 aliphatic rings. The van der Waals surface area contributed by atoms with Crippen molar-refractivity contribution in [1.82, 2.24) is 24.6 Å². The van der Waals surface area contributed by atoms with Gasteiger partial charge in [0.25, 0.3) is 5.56 Å². The Morgan fingerprint density at radius 2 is 2.07 bits per heavy atom. The maximum Gasteiger partial charge on any atom is 0.267 e. The van der Waals surface area contributed by atoms with E-state index in [2.05, 4.69) is 25.3 Å². The number of likely N-dealkylation sites (tertiary alicyclic amines) is 1. The van der Waals surface area contributed by atoms with Gasteiger partial charge in [0.1, 0.15) is 12.1 Å². The van der Waals surface area contributed by atoms with E-state index in [1.165, 1.54) is 12.8 Å². The second-order valence-electron chi connectivity index (χ2n) is 8.55. The maximum absolute atomic E-state index is 12.4. The van der Waals surface area contributed by atoms with Crippen LogP contribution >= 0.6 is 0 Å². The van der Waals surface area contributed by atoms with Crippen molar-refractivity contribution in [2.24, 2.45) is 0 Å². The maximum atomic E-state index is 12.4. The Kier molecular flexibility index (Phi) is 5.77. The summed E-state index contributed by atoms with van der Waals surface area (Å²) in [5.41, 5.74) is 4.49. The number of rotatable bonds is 6. The molecule has 1 saturated heterocycles. The molecule has 1 atom stereocenters. The summed E-state index contributed by atoms with van der Waals surface area (Å²) in [6.07, 6.45) is 9.22. The molecule has 2 aromatic heterocycles. The lowest BCUT2D eigenvalue weighted by Crippen LogP contribution is -2.46. The minimum atomic E-state index is 0.0370. The van der Waals surface area contributed by atoms with Crippen molar-refractivity contribution in [3.05, 3.63) is 45.3 Å². The first-order valence-electron chi connectivity index (χ1n) is 11.3. The van der Waals surface area contributed by atoms with Gasteiger partial charge in [-0.25, -0.2) is 14.6 Å². The molecule has 4 heterocycles. The van der Waals surface area contributed by atoms with Crippen LogP contribution in [0.3, 0.4) is 0 Å². The van der Waals surface area contributed by atoms with Gasteiger partial charge in [0.15, 0.2) is 0 Å². The molecule has 8 nitrogen and oxygen atoms in total. The van der Waals surface area contributed by atoms with Gasteiger partial charge in [0.2, 0.25) is 0 Å². The third-order valence-corrected chi connectivity index (χ3v) is 6.64. The Morgan fingerprint density at radius 3 is 3.03 bits per heavy atom. The number of aryl methyl sites for hydroxylation is 2. The molecule has 8 heteroatoms. The summed E-state index contributed by atoms with van der Waals surface area (Å²) in [6.45, 7) is 4.73. The number of piperidine rings is 1. The Hall–Kier alpha value is -2.32. The van der Waals surface area contributed by atoms with Crippen LogP contribution in [-0.4, -0.2) is 56.9 Å². The molecule has 0 aromatic carbocycles. The van der Waals surface area contributed by atoms with Gasteiger partial charge in [-0.1, -0.05) is 6.42 Å². The van der Waals surface area contributed by atoms with E-state index in [0.717, 1.165) is 86.7 Å². The Morgan fingerprint density at radius 1 is 1.10 bits per heavy atom. The fourth-order valence-electron chi connectivity index (χ4n) is 4.93. The standard InChI is InChI=1S/C22H30N6O2/c29-21-12-16-4-3-6-19(16)26-28(21)10-9-27-8-2-1-5-17(27)13-23-22-18-14-30-11-7-20(18)24-15-25-22/h12,15,17H,1-11,13-14H2,(H,23,24,25). The minimum absolute atomic E-state index is 0.0370. The number of ether oxygens (including phenoxy) is 1. The van der Waals surface area contributed by atoms with Crippen molar-refractivity contribution in [1.29, 1.82) is 0 Å². The van der Waals surface area contributed by atoms with Gasteiger partial charge in [0.05, 0.1) is 31.1 Å². The van der Waals surface area contributed by atoms with Gasteiger partial charge in [-0.3, -0.25) is 9.69 Å². The summed E-state index contributed by atoms with van der Waals surface area (Å²) in [5, 5.41) is 8.19. The fourth-order valence-corrected chi connectivity index (χ4v) is 4.93. The van der Waals surface area contributed by atoms with Crippen LogP contribution in [0.1, 0.15) is 48.2 Å². The predicted molar refractivity (Wildman–Crippen MR) is 114 cm³/mol. The number of hydrogen-bond donors (Lipinski definition) is 1. The zero-order chi connectivity index (χ0) is 20.3. The van der Waals surface area contributed by atoms with Crippen molar-refractivity contribution in [3.8, 4) is 0 Å². The number of anilines is 1. The molecule has 0 saturated carbocycles. The van der Waals surface area contributed by atoms with Crippen LogP contribution in [0.15, 0.2) is 17.2 Å². The summed E-state index contributed by atoms with van der Waals surface area (Å²) in [4.78, 5) is 23.8. The highest BCUT2D eigenvalue weighted by Crippen LogP contribution is 2.23. The molecule has 2 aromatic rings. The number of nitrogens with zero attached hydrogens (tertiary/aromatic N) is 5. The van der Waals surface area contributed by atoms with Crippen molar-refractivity contribution < 1.29 is 4.74 Å². The lowest BCUT2D eigenvalue weighted by atomic mass is 10.0. The van der Waals surface area contributed by atoms with Gasteiger partial charge < -0.3 is 10.1 Å². The molecular weight excluding hydrogens is 380 g/mol. The topological polar surface area (TPSA) is 85.2 Å². The Balaban J connectivity index is 1.23. The van der Waals surface area contributed by atoms with Gasteiger partial charge in [-0.15, -0.1) is 0 Å². The van der Waals surface area contributed by atoms with E-state index >= 15 is 0 Å². The molecule has 1 fully saturated rings. The number of nitrogens with one attached hydrogen (secondary N) is 1. The zero-order valence-corrected chi connectivity index (χ0v) is 17.5. The molecule has 1 N–H and O–H groups in total. The highest BCUT2D eigenvalue weighted by molar-refractivity contribution is 5.46. The fraction of sp³-hybridized carbons (Fsp3) is 0.636. The van der Waals surface area contributed by atoms with Crippen molar-refractivity contribution >= 4 is 5.82 Å². The Bertz CT molecular complexity index is 959. The normalized spacial score (nSPS) is 21.3. The largest absolute Gasteiger partial charge is 0.376 e. The lowest BCUT2D eigenvalue weighted by molar-refractivity contribution is 0.109. The van der Waals surface area contributed by atoms with Gasteiger partial charge >= 0.3 is 0 Å². The van der Waals surface area contributed by atoms with Crippen LogP contribution in [0.2, 0.25) is 0 Å². The monoisotopic (exact) mass is 410 g/mol. The van der Waals surface area contributed by atoms with Crippen LogP contribution < -0.4 is 10.9 Å². The highest BCUT2D eigenvalue weighted by Gasteiger charge is 2.24. The zero-order valence-electron chi connectivity index (χ0n) is 17.5. The summed E-state index contributed by atoms with van der Waals surface area (Å²) >= 11 is 0. The lowest BCUT2D eigenvalue weighted by Gasteiger charge is -2.36. The van der Waals surface area contributed by atoms with Crippen molar-refractivity contribution in [2.45, 2.75) is 64.1 Å². The third kappa shape index (κ3) is 4.11. The SMILES string of the molecule is O=c1cc2c(nn1CCN1CCCCC1CNc1ncnc3c1COCC3)CCC2. The van der Waals surface area contributed by atoms with Crippen LogP contribution in [0.5, 0.6) is 0 Å². The average molecular weight is 411 g/mol. The quantitative estimate of drug-likeness (QED) is 0.774. The van der Waals surface area contributed by atoms with Gasteiger partial charge in [0, 0.05) is 37.2 Å². The van der Waals surface area contributed by atoms with Crippen molar-refractivity contribution in [2.75, 3.05) is 31.6 Å². The molecule has 0 spiro atoms. The summed E-state index contributed by atoms with van der Waals surface area (Å²) in [6, 6.07) is 2.23. The van der Waals surface area contributed by atoms with Crippen molar-refractivity contribution in [3.63, 3.8) is 0 Å². The molecule has 1 unspecified atom stereocenters. The Labute approximate surface area is 176 Å². The smallest absolute Gasteiger partial charge is 0.267 e. The number of aromatic nitrogens is 4. The summed E-state index contributed by atoms with van der Waals surface area (Å²) < 4.78 is 7.28. The molecule has 2 aliphatic heterocycles. The minimum Gasteiger partial charge on any atom is -0.376 e. The number of fused-ring (bicyclic) bond motifs is 2. The van der Waals surface area contributed by atoms with E-state index in [9.17, 15) is 4.79 Å². The van der Waals surface area contributed by atoms with E-state index in [4.69, 9.17) is 4.74 Å². The molecule has 0 radical (unpaired) electrons. The van der Waals surface area contributed by atoms with E-state index in [1.807, 2.05) is 0 Å². The second-order valence-corrected chi connectivity index (χ2v) is 8.55. The molecule has 1 aliphatic carbocycles. The summed E-state index contributed by atoms with van der Waals surface area (Å²) in [7, 11) is 0. The highest BCUT2D eigenvalue weighted by atomic mass is 16.5. The van der Waals surface area contributed by atoms with E-state index < -0.39 is 0 Å². The molecule has 5 rings (SSSR count). The third-order valence-electron chi connectivity index (χ3n) is 6.64. The van der Waals surface area contributed by atoms with Crippen LogP contribution in [-0.2, 0) is 37.2 Å². The van der Waals surface area contributed by atoms with E-state index in [-0.39, 0.29) is 5.56 Å². The predicted octanol–water partition coefficient (Wildman–Crippen LogP) is 1.56. The molecule has 160 valence electrons. The molecular formula is C22H30N6O2. The number of hydrogen-bond acceptors (Lipinski definition) is 7. The van der Waals surface area contributed by atoms with Crippen LogP contribution in [0.4, 0.5) is 5.82 Å². The first kappa shape index (κ1) is 19.6. The average Bonchev–Trinajstić information content (AvgIpc) is 3.23. The molecule has 30 heavy (non-hydrogen) atoms. The van der Waals surface area contributed by atoms with E-state index in [0.29, 0.717) is 19.2 Å². The molecule has 0 amide bonds. The first-order chi connectivity index (χ1) is 14.8. The van der Waals surface area contributed by atoms with Crippen LogP contribution in [0.25, 0.3) is 0 Å².